The first-order valence-electron chi connectivity index (χ1n) is 12.1. The molecule has 0 aromatic heterocycles. The lowest BCUT2D eigenvalue weighted by molar-refractivity contribution is -0.0618. The van der Waals surface area contributed by atoms with Crippen LogP contribution in [0.5, 0.6) is 11.5 Å². The Morgan fingerprint density at radius 3 is 1.55 bits per heavy atom. The summed E-state index contributed by atoms with van der Waals surface area (Å²) in [4.78, 5) is 4.69. The van der Waals surface area contributed by atoms with Gasteiger partial charge in [-0.2, -0.15) is 34.8 Å². The van der Waals surface area contributed by atoms with Gasteiger partial charge in [-0.3, -0.25) is 4.28 Å². The lowest BCUT2D eigenvalue weighted by Gasteiger charge is -2.12. The molecule has 0 saturated heterocycles. The normalized spacial score (nSPS) is 13.2. The summed E-state index contributed by atoms with van der Waals surface area (Å²) in [7, 11) is -4.24. The van der Waals surface area contributed by atoms with Crippen molar-refractivity contribution in [3.8, 4) is 11.5 Å². The highest BCUT2D eigenvalue weighted by Gasteiger charge is 2.39. The third-order valence-corrected chi connectivity index (χ3v) is 5.98. The van der Waals surface area contributed by atoms with Gasteiger partial charge in [0.2, 0.25) is 0 Å². The van der Waals surface area contributed by atoms with E-state index in [0.717, 1.165) is 12.1 Å². The average molecular weight is 599 g/mol. The number of ether oxygens (including phenoxy) is 2. The van der Waals surface area contributed by atoms with Gasteiger partial charge in [0, 0.05) is 17.5 Å². The highest BCUT2D eigenvalue weighted by molar-refractivity contribution is 7.86. The molecule has 2 aromatic rings. The Hall–Kier alpha value is -3.49. The summed E-state index contributed by atoms with van der Waals surface area (Å²) in [6.07, 6.45) is -8.66. The molecule has 0 spiro atoms. The van der Waals surface area contributed by atoms with Gasteiger partial charge < -0.3 is 14.3 Å². The van der Waals surface area contributed by atoms with E-state index in [9.17, 15) is 34.8 Å². The third-order valence-electron chi connectivity index (χ3n) is 4.77. The molecule has 0 atom stereocenters. The summed E-state index contributed by atoms with van der Waals surface area (Å²) >= 11 is 0. The lowest BCUT2D eigenvalue weighted by Crippen LogP contribution is -2.25. The van der Waals surface area contributed by atoms with Gasteiger partial charge in [0.1, 0.15) is 18.1 Å². The molecular formula is C25H28F6N2O6S. The molecule has 0 amide bonds. The summed E-state index contributed by atoms with van der Waals surface area (Å²) in [5.41, 5.74) is -3.28. The fourth-order valence-electron chi connectivity index (χ4n) is 2.98. The first-order chi connectivity index (χ1) is 18.8. The number of hydrogen-bond donors (Lipinski definition) is 0. The van der Waals surface area contributed by atoms with Gasteiger partial charge >= 0.3 is 22.5 Å². The Balaban J connectivity index is 1.89. The number of alkyl halides is 6. The Bertz CT molecular complexity index is 1230. The Kier molecular flexibility index (Phi) is 12.1. The predicted octanol–water partition coefficient (Wildman–Crippen LogP) is 6.25. The minimum atomic E-state index is -4.97. The maximum atomic E-state index is 13.4. The van der Waals surface area contributed by atoms with Crippen molar-refractivity contribution in [2.24, 2.45) is 10.3 Å². The second-order valence-electron chi connectivity index (χ2n) is 8.14. The number of nitrogens with zero attached hydrogens (tertiary/aromatic N) is 2. The predicted molar refractivity (Wildman–Crippen MR) is 135 cm³/mol. The molecule has 0 fully saturated rings. The van der Waals surface area contributed by atoms with Crippen LogP contribution in [0.1, 0.15) is 44.2 Å². The van der Waals surface area contributed by atoms with Gasteiger partial charge in [-0.15, -0.1) is 0 Å². The zero-order valence-electron chi connectivity index (χ0n) is 21.6. The van der Waals surface area contributed by atoms with Gasteiger partial charge in [-0.25, -0.2) is 0 Å². The van der Waals surface area contributed by atoms with Crippen LogP contribution in [0, 0.1) is 0 Å². The summed E-state index contributed by atoms with van der Waals surface area (Å²) in [5.74, 6) is 0.0656. The van der Waals surface area contributed by atoms with Crippen LogP contribution < -0.4 is 9.47 Å². The van der Waals surface area contributed by atoms with Gasteiger partial charge in [0.25, 0.3) is 0 Å². The number of benzene rings is 2. The van der Waals surface area contributed by atoms with Gasteiger partial charge in [-0.1, -0.05) is 24.2 Å². The molecule has 0 aliphatic carbocycles. The molecular weight excluding hydrogens is 570 g/mol. The van der Waals surface area contributed by atoms with E-state index in [1.807, 2.05) is 0 Å². The van der Waals surface area contributed by atoms with Crippen LogP contribution in [-0.4, -0.2) is 57.8 Å². The molecule has 15 heteroatoms. The number of oxime groups is 2. The standard InChI is InChI=1S/C25H28F6N2O6S/c1-3-14-38-32-22(24(26,27)28)18-6-10-20(11-7-18)36-15-5-16-37-21-12-8-19(9-13-21)23(25(29,30)31)33-39-40(34,35)17-4-2/h6-13H,3-5,14-17H2,1-2H3. The molecule has 0 aliphatic heterocycles. The summed E-state index contributed by atoms with van der Waals surface area (Å²) < 4.78 is 118. The molecule has 0 bridgehead atoms. The van der Waals surface area contributed by atoms with Crippen LogP contribution in [0.4, 0.5) is 26.3 Å². The summed E-state index contributed by atoms with van der Waals surface area (Å²) in [6, 6.07) is 9.74. The topological polar surface area (TPSA) is 95.8 Å². The van der Waals surface area contributed by atoms with Crippen molar-refractivity contribution >= 4 is 21.5 Å². The van der Waals surface area contributed by atoms with Crippen molar-refractivity contribution in [2.75, 3.05) is 25.6 Å². The summed E-state index contributed by atoms with van der Waals surface area (Å²) in [6.45, 7) is 3.58. The third kappa shape index (κ3) is 10.9. The van der Waals surface area contributed by atoms with E-state index in [1.165, 1.54) is 43.3 Å². The number of hydrogen-bond acceptors (Lipinski definition) is 8. The van der Waals surface area contributed by atoms with Crippen molar-refractivity contribution in [3.63, 3.8) is 0 Å². The molecule has 2 aromatic carbocycles. The maximum Gasteiger partial charge on any atom is 0.437 e. The molecule has 2 rings (SSSR count). The van der Waals surface area contributed by atoms with Crippen LogP contribution in [-0.2, 0) is 19.2 Å². The fraction of sp³-hybridized carbons (Fsp3) is 0.440. The van der Waals surface area contributed by atoms with Crippen molar-refractivity contribution in [3.05, 3.63) is 59.7 Å². The Morgan fingerprint density at radius 2 is 1.15 bits per heavy atom. The molecule has 0 aliphatic rings. The van der Waals surface area contributed by atoms with E-state index >= 15 is 0 Å². The van der Waals surface area contributed by atoms with E-state index in [-0.39, 0.29) is 37.6 Å². The second kappa shape index (κ2) is 14.8. The minimum Gasteiger partial charge on any atom is -0.493 e. The average Bonchev–Trinajstić information content (AvgIpc) is 2.86. The fourth-order valence-corrected chi connectivity index (χ4v) is 3.74. The lowest BCUT2D eigenvalue weighted by atomic mass is 10.1. The Labute approximate surface area is 227 Å². The number of rotatable bonds is 15. The van der Waals surface area contributed by atoms with E-state index in [2.05, 4.69) is 19.4 Å². The van der Waals surface area contributed by atoms with Crippen LogP contribution in [0.3, 0.4) is 0 Å². The van der Waals surface area contributed by atoms with Gasteiger partial charge in [-0.05, 0) is 61.4 Å². The quantitative estimate of drug-likeness (QED) is 0.104. The van der Waals surface area contributed by atoms with Crippen molar-refractivity contribution in [1.29, 1.82) is 0 Å². The van der Waals surface area contributed by atoms with Gasteiger partial charge in [0.05, 0.1) is 19.0 Å². The second-order valence-corrected chi connectivity index (χ2v) is 9.82. The largest absolute Gasteiger partial charge is 0.493 e. The molecule has 8 nitrogen and oxygen atoms in total. The van der Waals surface area contributed by atoms with Crippen molar-refractivity contribution in [1.82, 2.24) is 0 Å². The van der Waals surface area contributed by atoms with Crippen LogP contribution in [0.25, 0.3) is 0 Å². The van der Waals surface area contributed by atoms with Crippen LogP contribution >= 0.6 is 0 Å². The highest BCUT2D eigenvalue weighted by Crippen LogP contribution is 2.26. The van der Waals surface area contributed by atoms with E-state index in [1.54, 1.807) is 6.92 Å². The Morgan fingerprint density at radius 1 is 0.700 bits per heavy atom. The zero-order chi connectivity index (χ0) is 29.8. The highest BCUT2D eigenvalue weighted by atomic mass is 32.2. The number of halogens is 6. The van der Waals surface area contributed by atoms with E-state index in [0.29, 0.717) is 18.6 Å². The molecule has 0 unspecified atom stereocenters. The molecule has 0 heterocycles. The minimum absolute atomic E-state index is 0.0519. The van der Waals surface area contributed by atoms with E-state index in [4.69, 9.17) is 9.47 Å². The van der Waals surface area contributed by atoms with Crippen molar-refractivity contribution in [2.45, 2.75) is 45.5 Å². The molecule has 0 N–H and O–H groups in total. The molecule has 0 saturated carbocycles. The van der Waals surface area contributed by atoms with Gasteiger partial charge in [0.15, 0.2) is 11.4 Å². The van der Waals surface area contributed by atoms with Crippen molar-refractivity contribution < 1.29 is 53.4 Å². The van der Waals surface area contributed by atoms with E-state index < -0.39 is 45.2 Å². The van der Waals surface area contributed by atoms with Crippen LogP contribution in [0.2, 0.25) is 0 Å². The monoisotopic (exact) mass is 598 g/mol. The molecule has 0 radical (unpaired) electrons. The SMILES string of the molecule is CCCON=C(c1ccc(OCCCOc2ccc(C(=NOS(=O)(=O)CCC)C(F)(F)F)cc2)cc1)C(F)(F)F. The zero-order valence-corrected chi connectivity index (χ0v) is 22.4. The maximum absolute atomic E-state index is 13.4. The van der Waals surface area contributed by atoms with Crippen LogP contribution in [0.15, 0.2) is 58.8 Å². The molecule has 40 heavy (non-hydrogen) atoms. The molecule has 222 valence electrons. The first-order valence-corrected chi connectivity index (χ1v) is 13.6. The first kappa shape index (κ1) is 32.7. The summed E-state index contributed by atoms with van der Waals surface area (Å²) in [5, 5.41) is 6.02. The smallest absolute Gasteiger partial charge is 0.437 e.